The van der Waals surface area contributed by atoms with E-state index in [4.69, 9.17) is 10.9 Å². The maximum atomic E-state index is 9.95. The van der Waals surface area contributed by atoms with Crippen LogP contribution >= 0.6 is 0 Å². The van der Waals surface area contributed by atoms with Crippen LogP contribution in [-0.4, -0.2) is 29.3 Å². The van der Waals surface area contributed by atoms with Crippen molar-refractivity contribution < 1.29 is 10.0 Å². The molecule has 1 amide bonds. The molecule has 0 aliphatic heterocycles. The molecule has 0 aromatic heterocycles. The summed E-state index contributed by atoms with van der Waals surface area (Å²) in [4.78, 5) is 9.95. The highest BCUT2D eigenvalue weighted by Gasteiger charge is 2.07. The fraction of sp³-hybridized carbons (Fsp3) is 0.857. The third kappa shape index (κ3) is 5.82. The van der Waals surface area contributed by atoms with Gasteiger partial charge in [-0.25, -0.2) is 5.06 Å². The van der Waals surface area contributed by atoms with Gasteiger partial charge in [0.1, 0.15) is 0 Å². The molecule has 4 nitrogen and oxygen atoms in total. The zero-order chi connectivity index (χ0) is 8.85. The Bertz CT molecular complexity index is 117. The molecular weight excluding hydrogens is 144 g/mol. The monoisotopic (exact) mass is 160 g/mol. The molecule has 0 rings (SSSR count). The molecule has 1 atom stereocenters. The highest BCUT2D eigenvalue weighted by Crippen LogP contribution is 2.02. The van der Waals surface area contributed by atoms with E-state index in [1.165, 1.54) is 0 Å². The number of rotatable bonds is 5. The van der Waals surface area contributed by atoms with Crippen molar-refractivity contribution in [2.24, 2.45) is 11.7 Å². The number of hydrogen-bond acceptors (Lipinski definition) is 3. The molecule has 0 spiro atoms. The van der Waals surface area contributed by atoms with Gasteiger partial charge in [0, 0.05) is 6.04 Å². The van der Waals surface area contributed by atoms with E-state index in [0.29, 0.717) is 17.4 Å². The minimum Gasteiger partial charge on any atom is -0.326 e. The second-order valence-corrected chi connectivity index (χ2v) is 3.12. The van der Waals surface area contributed by atoms with Crippen LogP contribution in [0.3, 0.4) is 0 Å². The quantitative estimate of drug-likeness (QED) is 0.343. The smallest absolute Gasteiger partial charge is 0.233 e. The second-order valence-electron chi connectivity index (χ2n) is 3.12. The molecule has 0 heterocycles. The van der Waals surface area contributed by atoms with Crippen molar-refractivity contribution in [1.82, 2.24) is 5.06 Å². The van der Waals surface area contributed by atoms with Gasteiger partial charge >= 0.3 is 0 Å². The molecule has 0 aromatic rings. The first-order valence-electron chi connectivity index (χ1n) is 3.72. The van der Waals surface area contributed by atoms with Gasteiger partial charge in [-0.2, -0.15) is 0 Å². The number of nitrogens with zero attached hydrogens (tertiary/aromatic N) is 1. The average Bonchev–Trinajstić information content (AvgIpc) is 1.85. The van der Waals surface area contributed by atoms with E-state index in [2.05, 4.69) is 0 Å². The first kappa shape index (κ1) is 10.4. The van der Waals surface area contributed by atoms with Crippen LogP contribution in [-0.2, 0) is 4.79 Å². The zero-order valence-corrected chi connectivity index (χ0v) is 7.03. The van der Waals surface area contributed by atoms with Crippen molar-refractivity contribution >= 4 is 6.41 Å². The predicted molar refractivity (Wildman–Crippen MR) is 42.0 cm³/mol. The lowest BCUT2D eigenvalue weighted by molar-refractivity contribution is -0.150. The Balaban J connectivity index is 3.51. The SMILES string of the molecule is CC(C)C[C@@H](N)CN(O)C=O. The molecule has 0 aromatic carbocycles. The summed E-state index contributed by atoms with van der Waals surface area (Å²) in [6.45, 7) is 4.30. The predicted octanol–water partition coefficient (Wildman–Crippen LogP) is 0.207. The number of hydrogen-bond donors (Lipinski definition) is 2. The molecule has 0 saturated heterocycles. The van der Waals surface area contributed by atoms with Crippen LogP contribution in [0.2, 0.25) is 0 Å². The van der Waals surface area contributed by atoms with E-state index in [9.17, 15) is 4.79 Å². The molecule has 0 aliphatic rings. The molecule has 0 radical (unpaired) electrons. The van der Waals surface area contributed by atoms with Gasteiger partial charge in [0.2, 0.25) is 6.41 Å². The van der Waals surface area contributed by atoms with Gasteiger partial charge in [0.05, 0.1) is 6.54 Å². The maximum absolute atomic E-state index is 9.95. The van der Waals surface area contributed by atoms with Crippen LogP contribution in [0.4, 0.5) is 0 Å². The van der Waals surface area contributed by atoms with Crippen LogP contribution < -0.4 is 5.73 Å². The van der Waals surface area contributed by atoms with Crippen LogP contribution in [0.1, 0.15) is 20.3 Å². The first-order chi connectivity index (χ1) is 5.06. The number of amides is 1. The lowest BCUT2D eigenvalue weighted by atomic mass is 10.0. The van der Waals surface area contributed by atoms with Crippen molar-refractivity contribution in [1.29, 1.82) is 0 Å². The van der Waals surface area contributed by atoms with Crippen molar-refractivity contribution in [3.05, 3.63) is 0 Å². The average molecular weight is 160 g/mol. The molecule has 0 fully saturated rings. The summed E-state index contributed by atoms with van der Waals surface area (Å²) in [6, 6.07) is -0.134. The Morgan fingerprint density at radius 3 is 2.55 bits per heavy atom. The number of nitrogens with two attached hydrogens (primary N) is 1. The fourth-order valence-corrected chi connectivity index (χ4v) is 0.963. The third-order valence-electron chi connectivity index (χ3n) is 1.32. The number of hydroxylamine groups is 2. The summed E-state index contributed by atoms with van der Waals surface area (Å²) >= 11 is 0. The van der Waals surface area contributed by atoms with Gasteiger partial charge < -0.3 is 5.73 Å². The van der Waals surface area contributed by atoms with Gasteiger partial charge in [0.15, 0.2) is 0 Å². The molecule has 66 valence electrons. The minimum atomic E-state index is -0.134. The van der Waals surface area contributed by atoms with Crippen molar-refractivity contribution in [2.75, 3.05) is 6.54 Å². The second kappa shape index (κ2) is 5.09. The molecule has 0 bridgehead atoms. The molecule has 4 heteroatoms. The summed E-state index contributed by atoms with van der Waals surface area (Å²) in [5.74, 6) is 0.491. The lowest BCUT2D eigenvalue weighted by Gasteiger charge is -2.16. The topological polar surface area (TPSA) is 66.6 Å². The van der Waals surface area contributed by atoms with Crippen LogP contribution in [0.5, 0.6) is 0 Å². The van der Waals surface area contributed by atoms with Gasteiger partial charge in [-0.3, -0.25) is 10.0 Å². The number of carbonyl (C=O) groups is 1. The zero-order valence-electron chi connectivity index (χ0n) is 7.03. The summed E-state index contributed by atoms with van der Waals surface area (Å²) in [6.07, 6.45) is 1.17. The molecular formula is C7H16N2O2. The molecule has 0 aliphatic carbocycles. The van der Waals surface area contributed by atoms with Gasteiger partial charge in [-0.05, 0) is 12.3 Å². The van der Waals surface area contributed by atoms with E-state index in [1.54, 1.807) is 0 Å². The third-order valence-corrected chi connectivity index (χ3v) is 1.32. The van der Waals surface area contributed by atoms with E-state index in [1.807, 2.05) is 13.8 Å². The molecule has 0 unspecified atom stereocenters. The van der Waals surface area contributed by atoms with Crippen molar-refractivity contribution in [3.8, 4) is 0 Å². The van der Waals surface area contributed by atoms with E-state index in [0.717, 1.165) is 6.42 Å². The van der Waals surface area contributed by atoms with E-state index < -0.39 is 0 Å². The van der Waals surface area contributed by atoms with Crippen LogP contribution in [0.15, 0.2) is 0 Å². The summed E-state index contributed by atoms with van der Waals surface area (Å²) in [7, 11) is 0. The van der Waals surface area contributed by atoms with Crippen molar-refractivity contribution in [3.63, 3.8) is 0 Å². The van der Waals surface area contributed by atoms with Gasteiger partial charge in [0.25, 0.3) is 0 Å². The fourth-order valence-electron chi connectivity index (χ4n) is 0.963. The Morgan fingerprint density at radius 1 is 1.64 bits per heavy atom. The molecule has 11 heavy (non-hydrogen) atoms. The molecule has 3 N–H and O–H groups in total. The van der Waals surface area contributed by atoms with Crippen LogP contribution in [0.25, 0.3) is 0 Å². The summed E-state index contributed by atoms with van der Waals surface area (Å²) in [5.41, 5.74) is 5.59. The van der Waals surface area contributed by atoms with Gasteiger partial charge in [-0.1, -0.05) is 13.8 Å². The van der Waals surface area contributed by atoms with Crippen molar-refractivity contribution in [2.45, 2.75) is 26.3 Å². The Kier molecular flexibility index (Phi) is 4.81. The summed E-state index contributed by atoms with van der Waals surface area (Å²) < 4.78 is 0. The minimum absolute atomic E-state index is 0.134. The Morgan fingerprint density at radius 2 is 2.18 bits per heavy atom. The number of carbonyl (C=O) groups excluding carboxylic acids is 1. The largest absolute Gasteiger partial charge is 0.326 e. The van der Waals surface area contributed by atoms with Gasteiger partial charge in [-0.15, -0.1) is 0 Å². The Labute approximate surface area is 66.9 Å². The van der Waals surface area contributed by atoms with Crippen LogP contribution in [0, 0.1) is 5.92 Å². The highest BCUT2D eigenvalue weighted by atomic mass is 16.5. The normalized spacial score (nSPS) is 13.2. The summed E-state index contributed by atoms with van der Waals surface area (Å²) in [5, 5.41) is 9.30. The van der Waals surface area contributed by atoms with E-state index in [-0.39, 0.29) is 12.6 Å². The van der Waals surface area contributed by atoms with E-state index >= 15 is 0 Å². The highest BCUT2D eigenvalue weighted by molar-refractivity contribution is 5.44. The maximum Gasteiger partial charge on any atom is 0.233 e. The lowest BCUT2D eigenvalue weighted by Crippen LogP contribution is -2.35. The first-order valence-corrected chi connectivity index (χ1v) is 3.72. The Hall–Kier alpha value is -0.610. The standard InChI is InChI=1S/C7H16N2O2/c1-6(2)3-7(8)4-9(11)5-10/h5-7,11H,3-4,8H2,1-2H3/t7-/m1/s1. The molecule has 0 saturated carbocycles.